The Hall–Kier alpha value is 0.345. The molecule has 16 heavy (non-hydrogen) atoms. The summed E-state index contributed by atoms with van der Waals surface area (Å²) >= 11 is 5.77. The third-order valence-corrected chi connectivity index (χ3v) is 2.10. The normalized spacial score (nSPS) is 10.1. The number of nitrogens with zero attached hydrogens (tertiary/aromatic N) is 3. The van der Waals surface area contributed by atoms with Gasteiger partial charge in [-0.05, 0) is 18.2 Å². The van der Waals surface area contributed by atoms with E-state index in [1.807, 2.05) is 0 Å². The van der Waals surface area contributed by atoms with Crippen LogP contribution in [0, 0.1) is 0 Å². The van der Waals surface area contributed by atoms with Gasteiger partial charge in [0, 0.05) is 5.02 Å². The molecule has 0 aliphatic carbocycles. The van der Waals surface area contributed by atoms with E-state index in [0.29, 0.717) is 16.1 Å². The van der Waals surface area contributed by atoms with Crippen molar-refractivity contribution in [1.29, 1.82) is 0 Å². The average molecular weight is 310 g/mol. The van der Waals surface area contributed by atoms with Crippen LogP contribution in [0.4, 0.5) is 0 Å². The molecule has 78 valence electrons. The van der Waals surface area contributed by atoms with E-state index in [2.05, 4.69) is 10.2 Å². The number of hydrogen-bond donors (Lipinski definition) is 0. The number of carbonyl (C=O) groups is 1. The molecule has 0 unspecified atom stereocenters. The van der Waals surface area contributed by atoms with Gasteiger partial charge in [0.05, 0.1) is 0 Å². The molecular formula is C9H7ClN3O2Rb. The third-order valence-electron chi connectivity index (χ3n) is 1.86. The number of fused-ring (bicyclic) bond motifs is 1. The summed E-state index contributed by atoms with van der Waals surface area (Å²) in [6.45, 7) is -0.839. The van der Waals surface area contributed by atoms with Crippen molar-refractivity contribution in [3.8, 4) is 0 Å². The zero-order chi connectivity index (χ0) is 10.8. The summed E-state index contributed by atoms with van der Waals surface area (Å²) in [6, 6.07) is 5.06. The quantitative estimate of drug-likeness (QED) is 0.607. The Kier molecular flexibility index (Phi) is 5.69. The first-order chi connectivity index (χ1) is 7.19. The van der Waals surface area contributed by atoms with E-state index in [4.69, 9.17) is 11.6 Å². The standard InChI is InChI=1S/C9H7ClN3O2.Rb/c10-6-1-2-8-9(3-6)12-13(11-8)4-7(15)5-14;/h1-3H,4-5H2;/q-1;+1. The van der Waals surface area contributed by atoms with Gasteiger partial charge in [0.25, 0.3) is 0 Å². The van der Waals surface area contributed by atoms with E-state index in [-0.39, 0.29) is 64.7 Å². The van der Waals surface area contributed by atoms with Gasteiger partial charge in [-0.1, -0.05) is 18.2 Å². The van der Waals surface area contributed by atoms with Crippen LogP contribution >= 0.6 is 11.6 Å². The van der Waals surface area contributed by atoms with Gasteiger partial charge in [-0.15, -0.1) is 0 Å². The number of benzene rings is 1. The van der Waals surface area contributed by atoms with Gasteiger partial charge in [-0.2, -0.15) is 15.0 Å². The van der Waals surface area contributed by atoms with Crippen molar-refractivity contribution in [2.45, 2.75) is 6.54 Å². The van der Waals surface area contributed by atoms with Crippen LogP contribution in [0.15, 0.2) is 18.2 Å². The molecule has 7 heteroatoms. The molecule has 0 spiro atoms. The minimum Gasteiger partial charge on any atom is -0.849 e. The summed E-state index contributed by atoms with van der Waals surface area (Å²) in [5.41, 5.74) is 1.26. The predicted octanol–water partition coefficient (Wildman–Crippen LogP) is -2.98. The Morgan fingerprint density at radius 1 is 1.38 bits per heavy atom. The summed E-state index contributed by atoms with van der Waals surface area (Å²) in [4.78, 5) is 12.1. The van der Waals surface area contributed by atoms with Gasteiger partial charge in [0.15, 0.2) is 0 Å². The van der Waals surface area contributed by atoms with Crippen LogP contribution in [0.1, 0.15) is 0 Å². The van der Waals surface area contributed by atoms with Gasteiger partial charge in [0.1, 0.15) is 23.4 Å². The minimum absolute atomic E-state index is 0. The van der Waals surface area contributed by atoms with Crippen molar-refractivity contribution in [2.24, 2.45) is 0 Å². The number of halogens is 1. The Labute approximate surface area is 146 Å². The molecule has 0 N–H and O–H groups in total. The van der Waals surface area contributed by atoms with Crippen molar-refractivity contribution in [3.63, 3.8) is 0 Å². The molecule has 2 aromatic rings. The minimum atomic E-state index is -0.751. The van der Waals surface area contributed by atoms with Crippen molar-refractivity contribution < 1.29 is 68.1 Å². The molecule has 0 atom stereocenters. The molecule has 0 amide bonds. The molecule has 0 aliphatic heterocycles. The smallest absolute Gasteiger partial charge is 0.849 e. The molecule has 1 heterocycles. The fourth-order valence-electron chi connectivity index (χ4n) is 1.21. The molecule has 0 bridgehead atoms. The first-order valence-electron chi connectivity index (χ1n) is 4.29. The van der Waals surface area contributed by atoms with Gasteiger partial charge in [-0.25, -0.2) is 0 Å². The van der Waals surface area contributed by atoms with Gasteiger partial charge in [0.2, 0.25) is 0 Å². The zero-order valence-electron chi connectivity index (χ0n) is 8.68. The fraction of sp³-hybridized carbons (Fsp3) is 0.222. The maximum Gasteiger partial charge on any atom is 1.00 e. The summed E-state index contributed by atoms with van der Waals surface area (Å²) < 4.78 is 0. The van der Waals surface area contributed by atoms with Crippen molar-refractivity contribution in [1.82, 2.24) is 15.0 Å². The molecule has 0 radical (unpaired) electrons. The van der Waals surface area contributed by atoms with E-state index < -0.39 is 12.4 Å². The molecule has 1 aromatic carbocycles. The second-order valence-electron chi connectivity index (χ2n) is 3.05. The largest absolute Gasteiger partial charge is 1.00 e. The number of Topliss-reactive ketones (excluding diaryl/α,β-unsaturated/α-hetero) is 1. The first-order valence-corrected chi connectivity index (χ1v) is 4.67. The van der Waals surface area contributed by atoms with Crippen LogP contribution in [-0.2, 0) is 11.3 Å². The van der Waals surface area contributed by atoms with Crippen LogP contribution < -0.4 is 63.3 Å². The van der Waals surface area contributed by atoms with Crippen molar-refractivity contribution in [2.75, 3.05) is 6.61 Å². The zero-order valence-corrected chi connectivity index (χ0v) is 14.4. The Morgan fingerprint density at radius 2 is 2.06 bits per heavy atom. The molecule has 5 nitrogen and oxygen atoms in total. The average Bonchev–Trinajstić information content (AvgIpc) is 2.59. The van der Waals surface area contributed by atoms with E-state index >= 15 is 0 Å². The van der Waals surface area contributed by atoms with Gasteiger partial charge >= 0.3 is 58.2 Å². The van der Waals surface area contributed by atoms with Crippen molar-refractivity contribution >= 4 is 28.4 Å². The van der Waals surface area contributed by atoms with E-state index in [1.54, 1.807) is 18.2 Å². The third kappa shape index (κ3) is 3.42. The molecule has 0 saturated carbocycles. The predicted molar refractivity (Wildman–Crippen MR) is 52.4 cm³/mol. The number of ketones is 1. The summed E-state index contributed by atoms with van der Waals surface area (Å²) in [6.07, 6.45) is 0. The SMILES string of the molecule is O=C(C[O-])Cn1nc2ccc(Cl)cc2n1.[Rb+]. The summed E-state index contributed by atoms with van der Waals surface area (Å²) in [7, 11) is 0. The molecular weight excluding hydrogens is 303 g/mol. The molecule has 0 fully saturated rings. The van der Waals surface area contributed by atoms with E-state index in [0.717, 1.165) is 0 Å². The van der Waals surface area contributed by atoms with Gasteiger partial charge in [-0.3, -0.25) is 4.79 Å². The molecule has 0 saturated heterocycles. The van der Waals surface area contributed by atoms with Crippen molar-refractivity contribution in [3.05, 3.63) is 23.2 Å². The topological polar surface area (TPSA) is 70.8 Å². The van der Waals surface area contributed by atoms with Crippen LogP contribution in [-0.4, -0.2) is 27.4 Å². The number of carbonyl (C=O) groups excluding carboxylic acids is 1. The number of rotatable bonds is 3. The summed E-state index contributed by atoms with van der Waals surface area (Å²) in [5, 5.41) is 18.9. The molecule has 1 aromatic heterocycles. The number of hydrogen-bond acceptors (Lipinski definition) is 4. The van der Waals surface area contributed by atoms with Crippen LogP contribution in [0.25, 0.3) is 11.0 Å². The Bertz CT molecular complexity index is 514. The van der Waals surface area contributed by atoms with Crippen LogP contribution in [0.5, 0.6) is 0 Å². The van der Waals surface area contributed by atoms with Gasteiger partial charge < -0.3 is 5.11 Å². The van der Waals surface area contributed by atoms with Crippen LogP contribution in [0.3, 0.4) is 0 Å². The molecule has 2 rings (SSSR count). The van der Waals surface area contributed by atoms with E-state index in [9.17, 15) is 9.90 Å². The second kappa shape index (κ2) is 6.32. The monoisotopic (exact) mass is 309 g/mol. The maximum absolute atomic E-state index is 10.9. The van der Waals surface area contributed by atoms with E-state index in [1.165, 1.54) is 4.80 Å². The summed E-state index contributed by atoms with van der Waals surface area (Å²) in [5.74, 6) is -0.443. The Morgan fingerprint density at radius 3 is 2.75 bits per heavy atom. The maximum atomic E-state index is 10.9. The first kappa shape index (κ1) is 14.4. The fourth-order valence-corrected chi connectivity index (χ4v) is 1.37. The Balaban J connectivity index is 0.00000128. The van der Waals surface area contributed by atoms with Crippen LogP contribution in [0.2, 0.25) is 5.02 Å². The molecule has 0 aliphatic rings. The number of aromatic nitrogens is 3. The second-order valence-corrected chi connectivity index (χ2v) is 3.48.